The first-order chi connectivity index (χ1) is 16.0. The minimum atomic E-state index is -0.918. The maximum atomic E-state index is 14.9. The van der Waals surface area contributed by atoms with Crippen molar-refractivity contribution in [2.45, 2.75) is 51.3 Å². The van der Waals surface area contributed by atoms with Crippen molar-refractivity contribution in [1.29, 1.82) is 0 Å². The molecule has 2 aromatic rings. The number of carbonyl (C=O) groups is 2. The summed E-state index contributed by atoms with van der Waals surface area (Å²) >= 11 is 0. The molecule has 2 unspecified atom stereocenters. The highest BCUT2D eigenvalue weighted by Crippen LogP contribution is 2.35. The van der Waals surface area contributed by atoms with Gasteiger partial charge in [0.2, 0.25) is 5.91 Å². The van der Waals surface area contributed by atoms with Crippen LogP contribution in [0.25, 0.3) is 0 Å². The number of alkyl carbamates (subject to hydrolysis) is 1. The van der Waals surface area contributed by atoms with E-state index in [2.05, 4.69) is 5.32 Å². The van der Waals surface area contributed by atoms with Gasteiger partial charge in [-0.25, -0.2) is 13.6 Å². The number of amides is 2. The second kappa shape index (κ2) is 10.3. The van der Waals surface area contributed by atoms with E-state index < -0.39 is 35.3 Å². The monoisotopic (exact) mass is 476 g/mol. The van der Waals surface area contributed by atoms with Crippen molar-refractivity contribution in [3.8, 4) is 11.5 Å². The Bertz CT molecular complexity index is 1010. The second-order valence-corrected chi connectivity index (χ2v) is 9.19. The lowest BCUT2D eigenvalue weighted by Crippen LogP contribution is -2.54. The fourth-order valence-electron chi connectivity index (χ4n) is 3.97. The summed E-state index contributed by atoms with van der Waals surface area (Å²) in [4.78, 5) is 27.1. The number of hydrogen-bond donors (Lipinski definition) is 1. The average Bonchev–Trinajstić information content (AvgIpc) is 2.75. The summed E-state index contributed by atoms with van der Waals surface area (Å²) in [6.45, 7) is 5.48. The van der Waals surface area contributed by atoms with Gasteiger partial charge in [-0.2, -0.15) is 0 Å². The molecule has 1 fully saturated rings. The van der Waals surface area contributed by atoms with Gasteiger partial charge < -0.3 is 24.4 Å². The maximum absolute atomic E-state index is 14.9. The molecule has 0 saturated carbocycles. The number of benzene rings is 2. The number of piperidine rings is 1. The Morgan fingerprint density at radius 3 is 2.18 bits per heavy atom. The van der Waals surface area contributed by atoms with E-state index in [9.17, 15) is 18.4 Å². The van der Waals surface area contributed by atoms with Crippen LogP contribution in [0.3, 0.4) is 0 Å². The number of hydrogen-bond acceptors (Lipinski definition) is 5. The van der Waals surface area contributed by atoms with Crippen molar-refractivity contribution in [1.82, 2.24) is 10.2 Å². The van der Waals surface area contributed by atoms with Crippen molar-refractivity contribution in [3.05, 3.63) is 59.2 Å². The molecular weight excluding hydrogens is 446 g/mol. The quantitative estimate of drug-likeness (QED) is 0.669. The molecule has 1 aliphatic rings. The van der Waals surface area contributed by atoms with Crippen LogP contribution in [-0.4, -0.2) is 49.3 Å². The Labute approximate surface area is 198 Å². The molecule has 0 aliphatic carbocycles. The fraction of sp³-hybridized carbons (Fsp3) is 0.440. The molecule has 0 radical (unpaired) electrons. The van der Waals surface area contributed by atoms with E-state index in [0.717, 1.165) is 17.7 Å². The first-order valence-corrected chi connectivity index (χ1v) is 10.9. The molecule has 2 aromatic carbocycles. The first kappa shape index (κ1) is 25.3. The smallest absolute Gasteiger partial charge is 0.407 e. The zero-order valence-electron chi connectivity index (χ0n) is 20.0. The van der Waals surface area contributed by atoms with Crippen LogP contribution in [-0.2, 0) is 16.1 Å². The summed E-state index contributed by atoms with van der Waals surface area (Å²) in [6, 6.07) is 8.59. The molecule has 1 saturated heterocycles. The Morgan fingerprint density at radius 1 is 1.06 bits per heavy atom. The zero-order chi connectivity index (χ0) is 25.0. The Hall–Kier alpha value is -3.36. The lowest BCUT2D eigenvalue weighted by atomic mass is 9.84. The van der Waals surface area contributed by atoms with Crippen LogP contribution in [0.1, 0.15) is 44.2 Å². The molecule has 1 heterocycles. The van der Waals surface area contributed by atoms with Crippen molar-refractivity contribution in [3.63, 3.8) is 0 Å². The molecule has 0 spiro atoms. The van der Waals surface area contributed by atoms with Gasteiger partial charge in [-0.3, -0.25) is 4.79 Å². The van der Waals surface area contributed by atoms with Gasteiger partial charge in [0.1, 0.15) is 28.7 Å². The molecular formula is C25H30F2N2O5. The first-order valence-electron chi connectivity index (χ1n) is 10.9. The van der Waals surface area contributed by atoms with Crippen LogP contribution in [0.5, 0.6) is 11.5 Å². The summed E-state index contributed by atoms with van der Waals surface area (Å²) in [6.07, 6.45) is -0.910. The van der Waals surface area contributed by atoms with Crippen LogP contribution in [0, 0.1) is 11.6 Å². The summed E-state index contributed by atoms with van der Waals surface area (Å²) in [5.74, 6) is -2.17. The van der Waals surface area contributed by atoms with Gasteiger partial charge >= 0.3 is 6.09 Å². The summed E-state index contributed by atoms with van der Waals surface area (Å²) in [7, 11) is 2.87. The van der Waals surface area contributed by atoms with Crippen LogP contribution < -0.4 is 14.8 Å². The fourth-order valence-corrected chi connectivity index (χ4v) is 3.97. The molecule has 2 amide bonds. The van der Waals surface area contributed by atoms with Gasteiger partial charge in [0.05, 0.1) is 20.3 Å². The minimum absolute atomic E-state index is 0.0265. The lowest BCUT2D eigenvalue weighted by molar-refractivity contribution is -0.135. The van der Waals surface area contributed by atoms with Crippen LogP contribution in [0.15, 0.2) is 36.4 Å². The molecule has 1 N–H and O–H groups in total. The number of likely N-dealkylation sites (tertiary alicyclic amines) is 1. The average molecular weight is 477 g/mol. The van der Waals surface area contributed by atoms with E-state index in [1.807, 2.05) is 12.1 Å². The van der Waals surface area contributed by atoms with E-state index in [1.165, 1.54) is 7.11 Å². The largest absolute Gasteiger partial charge is 0.497 e. The highest BCUT2D eigenvalue weighted by atomic mass is 19.1. The third kappa shape index (κ3) is 6.15. The Balaban J connectivity index is 1.89. The van der Waals surface area contributed by atoms with Gasteiger partial charge in [0.25, 0.3) is 0 Å². The molecule has 1 aliphatic heterocycles. The van der Waals surface area contributed by atoms with Crippen LogP contribution >= 0.6 is 0 Å². The normalized spacial score (nSPS) is 18.4. The second-order valence-electron chi connectivity index (χ2n) is 9.19. The number of ether oxygens (including phenoxy) is 3. The summed E-state index contributed by atoms with van der Waals surface area (Å²) in [5.41, 5.74) is -0.173. The number of nitrogens with one attached hydrogen (secondary N) is 1. The minimum Gasteiger partial charge on any atom is -0.497 e. The molecule has 2 atom stereocenters. The molecule has 184 valence electrons. The van der Waals surface area contributed by atoms with Crippen LogP contribution in [0.4, 0.5) is 13.6 Å². The Kier molecular flexibility index (Phi) is 7.64. The Morgan fingerprint density at radius 2 is 1.65 bits per heavy atom. The van der Waals surface area contributed by atoms with E-state index >= 15 is 0 Å². The molecule has 34 heavy (non-hydrogen) atoms. The molecule has 3 rings (SSSR count). The molecule has 7 nitrogen and oxygen atoms in total. The number of halogens is 2. The van der Waals surface area contributed by atoms with E-state index in [0.29, 0.717) is 5.75 Å². The van der Waals surface area contributed by atoms with Gasteiger partial charge in [-0.15, -0.1) is 0 Å². The van der Waals surface area contributed by atoms with Crippen molar-refractivity contribution < 1.29 is 32.6 Å². The van der Waals surface area contributed by atoms with Crippen molar-refractivity contribution in [2.75, 3.05) is 20.8 Å². The highest BCUT2D eigenvalue weighted by Gasteiger charge is 2.39. The zero-order valence-corrected chi connectivity index (χ0v) is 20.0. The maximum Gasteiger partial charge on any atom is 0.407 e. The summed E-state index contributed by atoms with van der Waals surface area (Å²) < 4.78 is 45.3. The van der Waals surface area contributed by atoms with E-state index in [4.69, 9.17) is 14.2 Å². The predicted molar refractivity (Wildman–Crippen MR) is 122 cm³/mol. The molecule has 9 heteroatoms. The topological polar surface area (TPSA) is 77.1 Å². The molecule has 0 aromatic heterocycles. The number of methoxy groups -OCH3 is 2. The van der Waals surface area contributed by atoms with E-state index in [-0.39, 0.29) is 36.7 Å². The van der Waals surface area contributed by atoms with Gasteiger partial charge in [0.15, 0.2) is 0 Å². The number of rotatable bonds is 6. The van der Waals surface area contributed by atoms with Gasteiger partial charge in [-0.1, -0.05) is 12.1 Å². The van der Waals surface area contributed by atoms with Crippen molar-refractivity contribution in [2.24, 2.45) is 0 Å². The predicted octanol–water partition coefficient (Wildman–Crippen LogP) is 4.39. The SMILES string of the molecule is COc1ccc(CN2CC(NC(=O)OC(C)(C)C)C(c3c(F)cc(OC)cc3F)CC2=O)cc1. The molecule has 0 bridgehead atoms. The van der Waals surface area contributed by atoms with E-state index in [1.54, 1.807) is 44.9 Å². The summed E-state index contributed by atoms with van der Waals surface area (Å²) in [5, 5.41) is 2.72. The highest BCUT2D eigenvalue weighted by molar-refractivity contribution is 5.79. The third-order valence-corrected chi connectivity index (χ3v) is 5.54. The standard InChI is InChI=1S/C25H30F2N2O5/c1-25(2,3)34-24(31)28-21-14-29(13-15-6-8-16(32-4)9-7-15)22(30)12-18(21)23-19(26)10-17(33-5)11-20(23)27/h6-11,18,21H,12-14H2,1-5H3,(H,28,31). The number of nitrogens with zero attached hydrogens (tertiary/aromatic N) is 1. The van der Waals surface area contributed by atoms with Crippen LogP contribution in [0.2, 0.25) is 0 Å². The number of carbonyl (C=O) groups excluding carboxylic acids is 2. The van der Waals surface area contributed by atoms with Crippen molar-refractivity contribution >= 4 is 12.0 Å². The third-order valence-electron chi connectivity index (χ3n) is 5.54. The lowest BCUT2D eigenvalue weighted by Gasteiger charge is -2.39. The van der Waals surface area contributed by atoms with Gasteiger partial charge in [-0.05, 0) is 38.5 Å². The van der Waals surface area contributed by atoms with Gasteiger partial charge in [0, 0.05) is 43.1 Å².